The summed E-state index contributed by atoms with van der Waals surface area (Å²) in [6.45, 7) is 2.03. The van der Waals surface area contributed by atoms with Gasteiger partial charge in [0, 0.05) is 23.0 Å². The maximum absolute atomic E-state index is 13.8. The van der Waals surface area contributed by atoms with Gasteiger partial charge in [0.15, 0.2) is 5.11 Å². The maximum atomic E-state index is 13.8. The molecule has 0 bridgehead atoms. The summed E-state index contributed by atoms with van der Waals surface area (Å²) >= 11 is 5.89. The largest absolute Gasteiger partial charge is 0.462 e. The molecule has 0 spiro atoms. The van der Waals surface area contributed by atoms with Gasteiger partial charge in [0.2, 0.25) is 0 Å². The lowest BCUT2D eigenvalue weighted by atomic mass is 9.89. The van der Waals surface area contributed by atoms with Crippen LogP contribution in [0.4, 0.5) is 10.1 Å². The molecule has 2 atom stereocenters. The van der Waals surface area contributed by atoms with Crippen molar-refractivity contribution in [3.8, 4) is 0 Å². The molecule has 8 heteroatoms. The third kappa shape index (κ3) is 3.40. The number of anilines is 1. The number of ether oxygens (including phenoxy) is 1. The van der Waals surface area contributed by atoms with Crippen LogP contribution in [0.1, 0.15) is 40.1 Å². The van der Waals surface area contributed by atoms with Gasteiger partial charge in [0.05, 0.1) is 23.9 Å². The molecule has 1 N–H and O–H groups in total. The van der Waals surface area contributed by atoms with E-state index in [9.17, 15) is 14.0 Å². The Morgan fingerprint density at radius 2 is 1.81 bits per heavy atom. The Morgan fingerprint density at radius 1 is 1.08 bits per heavy atom. The predicted molar refractivity (Wildman–Crippen MR) is 138 cm³/mol. The summed E-state index contributed by atoms with van der Waals surface area (Å²) < 4.78 is 18.9. The molecular weight excluding hydrogens is 477 g/mol. The van der Waals surface area contributed by atoms with Crippen molar-refractivity contribution in [3.05, 3.63) is 101 Å². The van der Waals surface area contributed by atoms with Crippen molar-refractivity contribution in [2.45, 2.75) is 25.4 Å². The van der Waals surface area contributed by atoms with E-state index >= 15 is 0 Å². The van der Waals surface area contributed by atoms with Crippen LogP contribution in [0.15, 0.2) is 72.8 Å². The number of hydrogen-bond acceptors (Lipinski definition) is 4. The zero-order valence-electron chi connectivity index (χ0n) is 19.4. The number of fused-ring (bicyclic) bond motifs is 4. The number of amides is 1. The number of carbonyl (C=O) groups excluding carboxylic acids is 2. The predicted octanol–water partition coefficient (Wildman–Crippen LogP) is 5.13. The molecule has 0 aliphatic carbocycles. The van der Waals surface area contributed by atoms with E-state index in [1.165, 1.54) is 17.0 Å². The van der Waals surface area contributed by atoms with Crippen LogP contribution in [0.25, 0.3) is 10.9 Å². The zero-order valence-corrected chi connectivity index (χ0v) is 20.2. The number of benzene rings is 3. The number of esters is 1. The summed E-state index contributed by atoms with van der Waals surface area (Å²) in [6.07, 6.45) is 0.493. The van der Waals surface area contributed by atoms with Gasteiger partial charge in [0.1, 0.15) is 11.9 Å². The zero-order chi connectivity index (χ0) is 25.0. The van der Waals surface area contributed by atoms with Crippen molar-refractivity contribution in [2.75, 3.05) is 11.5 Å². The molecule has 1 fully saturated rings. The van der Waals surface area contributed by atoms with Gasteiger partial charge in [-0.2, -0.15) is 0 Å². The Bertz CT molecular complexity index is 1510. The highest BCUT2D eigenvalue weighted by atomic mass is 32.1. The minimum absolute atomic E-state index is 0.132. The molecule has 6 nitrogen and oxygen atoms in total. The fourth-order valence-electron chi connectivity index (χ4n) is 5.26. The first-order valence-electron chi connectivity index (χ1n) is 11.8. The number of H-pyrrole nitrogens is 1. The van der Waals surface area contributed by atoms with Gasteiger partial charge >= 0.3 is 5.97 Å². The first-order chi connectivity index (χ1) is 17.5. The summed E-state index contributed by atoms with van der Waals surface area (Å²) in [5.41, 5.74) is 4.83. The highest BCUT2D eigenvalue weighted by Crippen LogP contribution is 2.45. The third-order valence-corrected chi connectivity index (χ3v) is 7.26. The Balaban J connectivity index is 1.44. The fraction of sp³-hybridized carbons (Fsp3) is 0.179. The van der Waals surface area contributed by atoms with Crippen molar-refractivity contribution in [3.63, 3.8) is 0 Å². The molecule has 0 radical (unpaired) electrons. The quantitative estimate of drug-likeness (QED) is 0.312. The Kier molecular flexibility index (Phi) is 5.34. The van der Waals surface area contributed by atoms with E-state index in [2.05, 4.69) is 4.98 Å². The molecule has 6 rings (SSSR count). The lowest BCUT2D eigenvalue weighted by Gasteiger charge is -2.37. The van der Waals surface area contributed by atoms with Crippen molar-refractivity contribution in [1.82, 2.24) is 9.88 Å². The average Bonchev–Trinajstić information content (AvgIpc) is 3.38. The minimum Gasteiger partial charge on any atom is -0.462 e. The van der Waals surface area contributed by atoms with E-state index in [1.54, 1.807) is 43.3 Å². The van der Waals surface area contributed by atoms with Gasteiger partial charge < -0.3 is 14.6 Å². The first-order valence-corrected chi connectivity index (χ1v) is 12.2. The van der Waals surface area contributed by atoms with Crippen LogP contribution in [0, 0.1) is 5.82 Å². The number of aromatic nitrogens is 1. The molecule has 2 aliphatic heterocycles. The smallest absolute Gasteiger partial charge is 0.338 e. The maximum Gasteiger partial charge on any atom is 0.338 e. The van der Waals surface area contributed by atoms with E-state index < -0.39 is 12.0 Å². The van der Waals surface area contributed by atoms with Gasteiger partial charge in [-0.25, -0.2) is 9.18 Å². The highest BCUT2D eigenvalue weighted by Gasteiger charge is 2.51. The van der Waals surface area contributed by atoms with Gasteiger partial charge in [-0.1, -0.05) is 30.3 Å². The van der Waals surface area contributed by atoms with Crippen molar-refractivity contribution in [2.24, 2.45) is 0 Å². The van der Waals surface area contributed by atoms with E-state index in [0.717, 1.165) is 27.7 Å². The molecule has 1 aromatic heterocycles. The van der Waals surface area contributed by atoms with Crippen LogP contribution in [-0.4, -0.2) is 39.5 Å². The summed E-state index contributed by atoms with van der Waals surface area (Å²) in [4.78, 5) is 32.9. The molecule has 1 amide bonds. The molecule has 3 heterocycles. The number of nitrogens with one attached hydrogen (secondary N) is 1. The molecular formula is C28H22FN3O3S. The first kappa shape index (κ1) is 22.4. The number of carbonyl (C=O) groups is 2. The van der Waals surface area contributed by atoms with Gasteiger partial charge in [-0.05, 0) is 72.7 Å². The van der Waals surface area contributed by atoms with Crippen LogP contribution < -0.4 is 4.90 Å². The van der Waals surface area contributed by atoms with Crippen LogP contribution in [0.5, 0.6) is 0 Å². The van der Waals surface area contributed by atoms with E-state index in [1.807, 2.05) is 29.2 Å². The van der Waals surface area contributed by atoms with Gasteiger partial charge in [-0.15, -0.1) is 0 Å². The summed E-state index contributed by atoms with van der Waals surface area (Å²) in [5, 5.41) is 1.43. The van der Waals surface area contributed by atoms with Crippen molar-refractivity contribution >= 4 is 45.8 Å². The molecule has 36 heavy (non-hydrogen) atoms. The summed E-state index contributed by atoms with van der Waals surface area (Å²) in [7, 11) is 0. The number of hydrogen-bond donors (Lipinski definition) is 1. The number of aromatic amines is 1. The minimum atomic E-state index is -0.510. The van der Waals surface area contributed by atoms with E-state index in [4.69, 9.17) is 17.0 Å². The van der Waals surface area contributed by atoms with Crippen LogP contribution in [0.2, 0.25) is 0 Å². The highest BCUT2D eigenvalue weighted by molar-refractivity contribution is 7.80. The number of halogens is 1. The topological polar surface area (TPSA) is 65.6 Å². The average molecular weight is 500 g/mol. The Morgan fingerprint density at radius 3 is 2.53 bits per heavy atom. The SMILES string of the molecule is CCOC(=O)c1ccc(N2C(=O)[C@H]3Cc4c([nH]c5ccccc45)[C@H](c4ccc(F)cc4)N3C2=S)cc1. The van der Waals surface area contributed by atoms with Crippen molar-refractivity contribution < 1.29 is 18.7 Å². The Labute approximate surface area is 212 Å². The molecule has 1 saturated heterocycles. The van der Waals surface area contributed by atoms with Crippen LogP contribution >= 0.6 is 12.2 Å². The second kappa shape index (κ2) is 8.57. The molecule has 3 aromatic carbocycles. The fourth-order valence-corrected chi connectivity index (χ4v) is 5.69. The number of rotatable bonds is 4. The second-order valence-corrected chi connectivity index (χ2v) is 9.23. The van der Waals surface area contributed by atoms with Crippen molar-refractivity contribution in [1.29, 1.82) is 0 Å². The van der Waals surface area contributed by atoms with Gasteiger partial charge in [0.25, 0.3) is 5.91 Å². The molecule has 0 saturated carbocycles. The van der Waals surface area contributed by atoms with Crippen LogP contribution in [-0.2, 0) is 16.0 Å². The van der Waals surface area contributed by atoms with Gasteiger partial charge in [-0.3, -0.25) is 9.69 Å². The lowest BCUT2D eigenvalue weighted by Crippen LogP contribution is -2.44. The summed E-state index contributed by atoms with van der Waals surface area (Å²) in [6, 6.07) is 20.1. The summed E-state index contributed by atoms with van der Waals surface area (Å²) in [5.74, 6) is -0.878. The van der Waals surface area contributed by atoms with E-state index in [0.29, 0.717) is 22.8 Å². The van der Waals surface area contributed by atoms with E-state index in [-0.39, 0.29) is 24.4 Å². The third-order valence-electron chi connectivity index (χ3n) is 6.87. The molecule has 180 valence electrons. The van der Waals surface area contributed by atoms with Crippen LogP contribution in [0.3, 0.4) is 0 Å². The number of nitrogens with zero attached hydrogens (tertiary/aromatic N) is 2. The monoisotopic (exact) mass is 499 g/mol. The number of thiocarbonyl (C=S) groups is 1. The Hall–Kier alpha value is -4.04. The number of para-hydroxylation sites is 1. The molecule has 2 aliphatic rings. The lowest BCUT2D eigenvalue weighted by molar-refractivity contribution is -0.120. The standard InChI is InChI=1S/C28H22FN3O3S/c1-2-35-27(34)17-9-13-19(14-10-17)31-26(33)23-15-21-20-5-3-4-6-22(20)30-24(21)25(32(23)28(31)36)16-7-11-18(29)12-8-16/h3-14,23,25,30H,2,15H2,1H3/t23-,25+/m1/s1. The molecule has 0 unspecified atom stereocenters. The normalized spacial score (nSPS) is 18.9. The second-order valence-electron chi connectivity index (χ2n) is 8.87. The molecule has 4 aromatic rings.